The molecule has 0 bridgehead atoms. The van der Waals surface area contributed by atoms with E-state index in [0.717, 1.165) is 18.4 Å². The van der Waals surface area contributed by atoms with Crippen LogP contribution in [0.15, 0.2) is 29.2 Å². The van der Waals surface area contributed by atoms with Crippen LogP contribution in [0.4, 0.5) is 0 Å². The van der Waals surface area contributed by atoms with Crippen molar-refractivity contribution >= 4 is 10.0 Å². The average molecular weight is 226 g/mol. The SMILES string of the molecule is NCC1(c2ccc(S(N)(=O)=O)cc2)CC1. The van der Waals surface area contributed by atoms with Gasteiger partial charge in [0.05, 0.1) is 4.90 Å². The van der Waals surface area contributed by atoms with Crippen molar-refractivity contribution in [2.75, 3.05) is 6.54 Å². The average Bonchev–Trinajstić information content (AvgIpc) is 2.97. The van der Waals surface area contributed by atoms with Crippen LogP contribution in [0, 0.1) is 0 Å². The Kier molecular flexibility index (Phi) is 2.33. The first-order valence-electron chi connectivity index (χ1n) is 4.81. The Morgan fingerprint density at radius 2 is 1.73 bits per heavy atom. The van der Waals surface area contributed by atoms with E-state index < -0.39 is 10.0 Å². The second kappa shape index (κ2) is 3.30. The van der Waals surface area contributed by atoms with Crippen LogP contribution in [0.1, 0.15) is 18.4 Å². The summed E-state index contributed by atoms with van der Waals surface area (Å²) >= 11 is 0. The summed E-state index contributed by atoms with van der Waals surface area (Å²) in [5.74, 6) is 0. The molecule has 4 nitrogen and oxygen atoms in total. The maximum absolute atomic E-state index is 11.0. The normalized spacial score (nSPS) is 18.8. The zero-order chi connectivity index (χ0) is 11.1. The highest BCUT2D eigenvalue weighted by molar-refractivity contribution is 7.89. The first-order chi connectivity index (χ1) is 6.98. The summed E-state index contributed by atoms with van der Waals surface area (Å²) in [6.07, 6.45) is 2.16. The molecule has 15 heavy (non-hydrogen) atoms. The summed E-state index contributed by atoms with van der Waals surface area (Å²) < 4.78 is 22.1. The molecule has 0 atom stereocenters. The van der Waals surface area contributed by atoms with Gasteiger partial charge in [-0.05, 0) is 30.5 Å². The molecule has 1 aromatic carbocycles. The van der Waals surface area contributed by atoms with Crippen LogP contribution in [-0.4, -0.2) is 15.0 Å². The summed E-state index contributed by atoms with van der Waals surface area (Å²) in [5, 5.41) is 5.01. The summed E-state index contributed by atoms with van der Waals surface area (Å²) in [6, 6.07) is 6.69. The van der Waals surface area contributed by atoms with Crippen molar-refractivity contribution in [2.45, 2.75) is 23.2 Å². The number of hydrogen-bond acceptors (Lipinski definition) is 3. The van der Waals surface area contributed by atoms with E-state index in [1.807, 2.05) is 0 Å². The van der Waals surface area contributed by atoms with Crippen LogP contribution in [0.25, 0.3) is 0 Å². The topological polar surface area (TPSA) is 86.2 Å². The van der Waals surface area contributed by atoms with Crippen molar-refractivity contribution in [3.8, 4) is 0 Å². The minimum Gasteiger partial charge on any atom is -0.330 e. The molecule has 1 aliphatic carbocycles. The van der Waals surface area contributed by atoms with E-state index in [0.29, 0.717) is 6.54 Å². The van der Waals surface area contributed by atoms with Gasteiger partial charge in [-0.3, -0.25) is 0 Å². The number of nitrogens with two attached hydrogens (primary N) is 2. The fraction of sp³-hybridized carbons (Fsp3) is 0.400. The molecule has 5 heteroatoms. The molecule has 0 aromatic heterocycles. The molecular weight excluding hydrogens is 212 g/mol. The summed E-state index contributed by atoms with van der Waals surface area (Å²) in [6.45, 7) is 0.613. The number of hydrogen-bond donors (Lipinski definition) is 2. The molecule has 1 aliphatic rings. The predicted octanol–water partition coefficient (Wildman–Crippen LogP) is 0.324. The van der Waals surface area contributed by atoms with Crippen LogP contribution in [0.3, 0.4) is 0 Å². The Bertz CT molecular complexity index is 461. The van der Waals surface area contributed by atoms with Crippen LogP contribution in [-0.2, 0) is 15.4 Å². The summed E-state index contributed by atoms with van der Waals surface area (Å²) in [4.78, 5) is 0.152. The van der Waals surface area contributed by atoms with Gasteiger partial charge >= 0.3 is 0 Å². The van der Waals surface area contributed by atoms with Crippen molar-refractivity contribution < 1.29 is 8.42 Å². The van der Waals surface area contributed by atoms with Crippen molar-refractivity contribution in [1.29, 1.82) is 0 Å². The van der Waals surface area contributed by atoms with Gasteiger partial charge in [0.2, 0.25) is 10.0 Å². The van der Waals surface area contributed by atoms with Crippen LogP contribution in [0.5, 0.6) is 0 Å². The van der Waals surface area contributed by atoms with Gasteiger partial charge in [-0.2, -0.15) is 0 Å². The number of sulfonamides is 1. The van der Waals surface area contributed by atoms with Gasteiger partial charge in [0.15, 0.2) is 0 Å². The lowest BCUT2D eigenvalue weighted by Gasteiger charge is -2.12. The Balaban J connectivity index is 2.33. The third kappa shape index (κ3) is 1.90. The largest absolute Gasteiger partial charge is 0.330 e. The molecule has 0 heterocycles. The predicted molar refractivity (Wildman–Crippen MR) is 57.8 cm³/mol. The Morgan fingerprint density at radius 3 is 2.07 bits per heavy atom. The van der Waals surface area contributed by atoms with Gasteiger partial charge < -0.3 is 5.73 Å². The third-order valence-corrected chi connectivity index (χ3v) is 3.97. The summed E-state index contributed by atoms with van der Waals surface area (Å²) in [7, 11) is -3.58. The van der Waals surface area contributed by atoms with Gasteiger partial charge in [-0.1, -0.05) is 12.1 Å². The second-order valence-electron chi connectivity index (χ2n) is 4.05. The zero-order valence-electron chi connectivity index (χ0n) is 8.31. The highest BCUT2D eigenvalue weighted by Gasteiger charge is 2.42. The molecule has 1 saturated carbocycles. The van der Waals surface area contributed by atoms with Crippen LogP contribution < -0.4 is 10.9 Å². The smallest absolute Gasteiger partial charge is 0.238 e. The molecule has 4 N–H and O–H groups in total. The molecule has 2 rings (SSSR count). The van der Waals surface area contributed by atoms with Gasteiger partial charge in [0, 0.05) is 12.0 Å². The van der Waals surface area contributed by atoms with Gasteiger partial charge in [-0.15, -0.1) is 0 Å². The van der Waals surface area contributed by atoms with Crippen molar-refractivity contribution in [1.82, 2.24) is 0 Å². The van der Waals surface area contributed by atoms with Crippen LogP contribution in [0.2, 0.25) is 0 Å². The monoisotopic (exact) mass is 226 g/mol. The molecule has 0 radical (unpaired) electrons. The Labute approximate surface area is 89.3 Å². The maximum Gasteiger partial charge on any atom is 0.238 e. The quantitative estimate of drug-likeness (QED) is 0.778. The third-order valence-electron chi connectivity index (χ3n) is 3.04. The van der Waals surface area contributed by atoms with Crippen LogP contribution >= 0.6 is 0 Å². The lowest BCUT2D eigenvalue weighted by molar-refractivity contribution is 0.597. The van der Waals surface area contributed by atoms with E-state index in [2.05, 4.69) is 0 Å². The molecular formula is C10H14N2O2S. The lowest BCUT2D eigenvalue weighted by Crippen LogP contribution is -2.20. The van der Waals surface area contributed by atoms with Gasteiger partial charge in [0.25, 0.3) is 0 Å². The highest BCUT2D eigenvalue weighted by Crippen LogP contribution is 2.47. The maximum atomic E-state index is 11.0. The second-order valence-corrected chi connectivity index (χ2v) is 5.62. The minimum absolute atomic E-state index is 0.0941. The molecule has 1 fully saturated rings. The van der Waals surface area contributed by atoms with Gasteiger partial charge in [0.1, 0.15) is 0 Å². The Morgan fingerprint density at radius 1 is 1.20 bits per heavy atom. The molecule has 0 spiro atoms. The molecule has 0 unspecified atom stereocenters. The number of primary sulfonamides is 1. The fourth-order valence-electron chi connectivity index (χ4n) is 1.76. The highest BCUT2D eigenvalue weighted by atomic mass is 32.2. The molecule has 0 aliphatic heterocycles. The van der Waals surface area contributed by atoms with Crippen molar-refractivity contribution in [3.05, 3.63) is 29.8 Å². The van der Waals surface area contributed by atoms with E-state index in [1.165, 1.54) is 0 Å². The standard InChI is InChI=1S/C10H14N2O2S/c11-7-10(5-6-10)8-1-3-9(4-2-8)15(12,13)14/h1-4H,5-7,11H2,(H2,12,13,14). The lowest BCUT2D eigenvalue weighted by atomic mass is 9.96. The minimum atomic E-state index is -3.58. The first-order valence-corrected chi connectivity index (χ1v) is 6.36. The number of rotatable bonds is 3. The van der Waals surface area contributed by atoms with Gasteiger partial charge in [-0.25, -0.2) is 13.6 Å². The molecule has 82 valence electrons. The first kappa shape index (κ1) is 10.6. The number of benzene rings is 1. The Hall–Kier alpha value is -0.910. The fourth-order valence-corrected chi connectivity index (χ4v) is 2.28. The molecule has 0 amide bonds. The van der Waals surface area contributed by atoms with Crippen molar-refractivity contribution in [2.24, 2.45) is 10.9 Å². The van der Waals surface area contributed by atoms with E-state index in [1.54, 1.807) is 24.3 Å². The van der Waals surface area contributed by atoms with E-state index in [4.69, 9.17) is 10.9 Å². The molecule has 1 aromatic rings. The van der Waals surface area contributed by atoms with E-state index in [9.17, 15) is 8.42 Å². The van der Waals surface area contributed by atoms with E-state index in [-0.39, 0.29) is 10.3 Å². The van der Waals surface area contributed by atoms with Crippen molar-refractivity contribution in [3.63, 3.8) is 0 Å². The molecule has 0 saturated heterocycles. The van der Waals surface area contributed by atoms with E-state index >= 15 is 0 Å². The summed E-state index contributed by atoms with van der Waals surface area (Å²) in [5.41, 5.74) is 6.88. The zero-order valence-corrected chi connectivity index (χ0v) is 9.13.